The maximum atomic E-state index is 9.83. The van der Waals surface area contributed by atoms with Gasteiger partial charge in [0, 0.05) is 24.0 Å². The van der Waals surface area contributed by atoms with Crippen LogP contribution >= 0.6 is 0 Å². The molecule has 0 aromatic heterocycles. The van der Waals surface area contributed by atoms with Crippen LogP contribution in [0.25, 0.3) is 11.1 Å². The van der Waals surface area contributed by atoms with Crippen LogP contribution in [-0.4, -0.2) is 13.1 Å². The first kappa shape index (κ1) is 22.7. The Balaban J connectivity index is 2.49. The van der Waals surface area contributed by atoms with E-state index < -0.39 is 0 Å². The number of aryl methyl sites for hydroxylation is 1. The Morgan fingerprint density at radius 2 is 1.37 bits per heavy atom. The molecule has 4 heteroatoms. The number of nitriles is 3. The van der Waals surface area contributed by atoms with Crippen LogP contribution in [0, 0.1) is 40.9 Å². The molecule has 0 heterocycles. The van der Waals surface area contributed by atoms with Gasteiger partial charge in [0.15, 0.2) is 0 Å². The Bertz CT molecular complexity index is 1080. The molecule has 0 amide bonds. The second-order valence-corrected chi connectivity index (χ2v) is 7.36. The van der Waals surface area contributed by atoms with Crippen LogP contribution in [0.1, 0.15) is 50.7 Å². The smallest absolute Gasteiger partial charge is 0.136 e. The van der Waals surface area contributed by atoms with Crippen LogP contribution in [0.3, 0.4) is 0 Å². The van der Waals surface area contributed by atoms with E-state index in [1.807, 2.05) is 25.1 Å². The zero-order valence-electron chi connectivity index (χ0n) is 18.1. The van der Waals surface area contributed by atoms with Crippen molar-refractivity contribution in [2.45, 2.75) is 46.5 Å². The van der Waals surface area contributed by atoms with E-state index >= 15 is 0 Å². The molecule has 0 aliphatic carbocycles. The average molecular weight is 397 g/mol. The van der Waals surface area contributed by atoms with Crippen LogP contribution in [0.15, 0.2) is 42.5 Å². The van der Waals surface area contributed by atoms with E-state index in [2.05, 4.69) is 36.9 Å². The SMILES string of the molecule is CCCCN(CCCC)c1ccc(C(C#N)=c2ccc(=C(C#N)C#N)cc2)c(C)c1. The summed E-state index contributed by atoms with van der Waals surface area (Å²) in [4.78, 5) is 2.44. The molecule has 2 aromatic carbocycles. The van der Waals surface area contributed by atoms with Crippen molar-refractivity contribution >= 4 is 16.8 Å². The van der Waals surface area contributed by atoms with Crippen molar-refractivity contribution in [1.82, 2.24) is 0 Å². The maximum absolute atomic E-state index is 9.83. The lowest BCUT2D eigenvalue weighted by Crippen LogP contribution is -2.25. The van der Waals surface area contributed by atoms with Crippen molar-refractivity contribution in [3.8, 4) is 18.2 Å². The molecule has 30 heavy (non-hydrogen) atoms. The molecular weight excluding hydrogens is 368 g/mol. The van der Waals surface area contributed by atoms with Gasteiger partial charge in [0.1, 0.15) is 23.8 Å². The summed E-state index contributed by atoms with van der Waals surface area (Å²) in [5.41, 5.74) is 3.83. The van der Waals surface area contributed by atoms with Crippen LogP contribution in [-0.2, 0) is 0 Å². The highest BCUT2D eigenvalue weighted by molar-refractivity contribution is 5.79. The first-order chi connectivity index (χ1) is 14.6. The predicted octanol–water partition coefficient (Wildman–Crippen LogP) is 4.32. The molecule has 0 aliphatic rings. The van der Waals surface area contributed by atoms with E-state index in [9.17, 15) is 5.26 Å². The minimum atomic E-state index is 0.0693. The molecule has 0 bridgehead atoms. The van der Waals surface area contributed by atoms with Gasteiger partial charge in [-0.3, -0.25) is 0 Å². The van der Waals surface area contributed by atoms with Crippen molar-refractivity contribution in [2.24, 2.45) is 0 Å². The molecule has 0 saturated heterocycles. The fraction of sp³-hybridized carbons (Fsp3) is 0.346. The quantitative estimate of drug-likeness (QED) is 0.666. The van der Waals surface area contributed by atoms with Crippen LogP contribution in [0.5, 0.6) is 0 Å². The van der Waals surface area contributed by atoms with Gasteiger partial charge in [-0.2, -0.15) is 15.8 Å². The Morgan fingerprint density at radius 1 is 0.800 bits per heavy atom. The monoisotopic (exact) mass is 396 g/mol. The normalized spacial score (nSPS) is 9.87. The Labute approximate surface area is 179 Å². The summed E-state index contributed by atoms with van der Waals surface area (Å²) in [7, 11) is 0. The summed E-state index contributed by atoms with van der Waals surface area (Å²) >= 11 is 0. The topological polar surface area (TPSA) is 74.6 Å². The van der Waals surface area contributed by atoms with Crippen molar-refractivity contribution in [2.75, 3.05) is 18.0 Å². The summed E-state index contributed by atoms with van der Waals surface area (Å²) in [5, 5.41) is 29.2. The van der Waals surface area contributed by atoms with Gasteiger partial charge in [-0.25, -0.2) is 0 Å². The lowest BCUT2D eigenvalue weighted by molar-refractivity contribution is 0.678. The number of nitrogens with zero attached hydrogens (tertiary/aromatic N) is 4. The first-order valence-corrected chi connectivity index (χ1v) is 10.5. The second kappa shape index (κ2) is 11.5. The standard InChI is InChI=1S/C26H28N4/c1-4-6-14-30(15-7-5-2)24-12-13-25(20(3)16-24)26(19-29)22-10-8-21(9-11-22)23(17-27)18-28/h8-13,16H,4-7,14-15H2,1-3H3. The number of anilines is 1. The van der Waals surface area contributed by atoms with E-state index in [1.54, 1.807) is 24.3 Å². The number of rotatable bonds is 8. The average Bonchev–Trinajstić information content (AvgIpc) is 2.77. The van der Waals surface area contributed by atoms with E-state index in [0.29, 0.717) is 10.8 Å². The van der Waals surface area contributed by atoms with Gasteiger partial charge in [-0.05, 0) is 48.2 Å². The lowest BCUT2D eigenvalue weighted by atomic mass is 9.98. The highest BCUT2D eigenvalue weighted by atomic mass is 15.1. The second-order valence-electron chi connectivity index (χ2n) is 7.36. The van der Waals surface area contributed by atoms with Gasteiger partial charge >= 0.3 is 0 Å². The Kier molecular flexibility index (Phi) is 8.68. The van der Waals surface area contributed by atoms with E-state index in [4.69, 9.17) is 10.5 Å². The summed E-state index contributed by atoms with van der Waals surface area (Å²) in [6, 6.07) is 19.5. The highest BCUT2D eigenvalue weighted by Crippen LogP contribution is 2.24. The molecule has 2 rings (SSSR count). The molecule has 0 atom stereocenters. The van der Waals surface area contributed by atoms with Gasteiger partial charge in [-0.1, -0.05) is 57.0 Å². The minimum absolute atomic E-state index is 0.0693. The van der Waals surface area contributed by atoms with Crippen molar-refractivity contribution in [1.29, 1.82) is 15.8 Å². The molecule has 2 aromatic rings. The summed E-state index contributed by atoms with van der Waals surface area (Å²) < 4.78 is 0. The van der Waals surface area contributed by atoms with Gasteiger partial charge < -0.3 is 4.90 Å². The molecular formula is C26H28N4. The maximum Gasteiger partial charge on any atom is 0.136 e. The highest BCUT2D eigenvalue weighted by Gasteiger charge is 2.11. The van der Waals surface area contributed by atoms with Crippen LogP contribution in [0.2, 0.25) is 0 Å². The van der Waals surface area contributed by atoms with Crippen LogP contribution < -0.4 is 15.3 Å². The molecule has 0 radical (unpaired) electrons. The molecule has 0 spiro atoms. The first-order valence-electron chi connectivity index (χ1n) is 10.5. The number of benzene rings is 2. The van der Waals surface area contributed by atoms with Gasteiger partial charge in [0.2, 0.25) is 0 Å². The third-order valence-electron chi connectivity index (χ3n) is 5.21. The third-order valence-corrected chi connectivity index (χ3v) is 5.21. The molecule has 0 saturated carbocycles. The lowest BCUT2D eigenvalue weighted by Gasteiger charge is -2.25. The fourth-order valence-electron chi connectivity index (χ4n) is 3.43. The van der Waals surface area contributed by atoms with Crippen molar-refractivity contribution < 1.29 is 0 Å². The summed E-state index contributed by atoms with van der Waals surface area (Å²) in [6.07, 6.45) is 4.66. The number of unbranched alkanes of at least 4 members (excludes halogenated alkanes) is 2. The van der Waals surface area contributed by atoms with Crippen molar-refractivity contribution in [3.05, 3.63) is 64.0 Å². The minimum Gasteiger partial charge on any atom is -0.372 e. The predicted molar refractivity (Wildman–Crippen MR) is 122 cm³/mol. The fourth-order valence-corrected chi connectivity index (χ4v) is 3.43. The number of hydrogen-bond donors (Lipinski definition) is 0. The van der Waals surface area contributed by atoms with E-state index in [0.717, 1.165) is 42.3 Å². The van der Waals surface area contributed by atoms with Gasteiger partial charge in [-0.15, -0.1) is 0 Å². The molecule has 0 unspecified atom stereocenters. The van der Waals surface area contributed by atoms with E-state index in [1.165, 1.54) is 18.5 Å². The third kappa shape index (κ3) is 5.50. The molecule has 0 N–H and O–H groups in total. The van der Waals surface area contributed by atoms with Crippen molar-refractivity contribution in [3.63, 3.8) is 0 Å². The summed E-state index contributed by atoms with van der Waals surface area (Å²) in [5.74, 6) is 0. The molecule has 0 fully saturated rings. The molecule has 0 aliphatic heterocycles. The molecule has 152 valence electrons. The summed E-state index contributed by atoms with van der Waals surface area (Å²) in [6.45, 7) is 8.55. The Hall–Kier alpha value is -3.55. The van der Waals surface area contributed by atoms with Gasteiger partial charge in [0.05, 0.1) is 5.57 Å². The Morgan fingerprint density at radius 3 is 1.83 bits per heavy atom. The molecule has 4 nitrogen and oxygen atoms in total. The van der Waals surface area contributed by atoms with E-state index in [-0.39, 0.29) is 5.57 Å². The zero-order chi connectivity index (χ0) is 21.9. The number of hydrogen-bond acceptors (Lipinski definition) is 4. The van der Waals surface area contributed by atoms with Crippen LogP contribution in [0.4, 0.5) is 5.69 Å². The van der Waals surface area contributed by atoms with Gasteiger partial charge in [0.25, 0.3) is 0 Å². The largest absolute Gasteiger partial charge is 0.372 e. The zero-order valence-corrected chi connectivity index (χ0v) is 18.1.